The van der Waals surface area contributed by atoms with Gasteiger partial charge in [-0.05, 0) is 29.3 Å². The molecule has 0 fully saturated rings. The van der Waals surface area contributed by atoms with Gasteiger partial charge in [0, 0.05) is 5.56 Å². The molecule has 0 aliphatic rings. The Morgan fingerprint density at radius 2 is 1.78 bits per heavy atom. The Morgan fingerprint density at radius 3 is 2.50 bits per heavy atom. The summed E-state index contributed by atoms with van der Waals surface area (Å²) >= 11 is 0. The highest BCUT2D eigenvalue weighted by Crippen LogP contribution is 2.27. The van der Waals surface area contributed by atoms with Crippen molar-refractivity contribution in [1.29, 1.82) is 0 Å². The van der Waals surface area contributed by atoms with Crippen LogP contribution in [0.3, 0.4) is 0 Å². The van der Waals surface area contributed by atoms with Gasteiger partial charge in [-0.25, -0.2) is 8.78 Å². The molecule has 0 unspecified atom stereocenters. The lowest BCUT2D eigenvalue weighted by Crippen LogP contribution is -2.02. The Hall–Kier alpha value is -2.23. The molecule has 1 N–H and O–H groups in total. The predicted molar refractivity (Wildman–Crippen MR) is 63.1 cm³/mol. The standard InChI is InChI=1S/C14H10F2O2/c15-10-5-6-13(16)12(8-10)11-4-2-1-3-9(11)7-14(17)18/h1-6,8H,7H2,(H,17,18). The largest absolute Gasteiger partial charge is 0.481 e. The molecule has 0 saturated heterocycles. The van der Waals surface area contributed by atoms with Gasteiger partial charge in [0.05, 0.1) is 6.42 Å². The molecule has 0 bridgehead atoms. The van der Waals surface area contributed by atoms with Gasteiger partial charge in [-0.3, -0.25) is 4.79 Å². The maximum absolute atomic E-state index is 13.7. The third kappa shape index (κ3) is 2.53. The number of rotatable bonds is 3. The van der Waals surface area contributed by atoms with Crippen molar-refractivity contribution in [1.82, 2.24) is 0 Å². The van der Waals surface area contributed by atoms with Crippen molar-refractivity contribution in [2.45, 2.75) is 6.42 Å². The average Bonchev–Trinajstić information content (AvgIpc) is 2.32. The van der Waals surface area contributed by atoms with E-state index in [4.69, 9.17) is 5.11 Å². The van der Waals surface area contributed by atoms with E-state index in [2.05, 4.69) is 0 Å². The van der Waals surface area contributed by atoms with Crippen molar-refractivity contribution >= 4 is 5.97 Å². The molecule has 0 radical (unpaired) electrons. The van der Waals surface area contributed by atoms with E-state index in [0.717, 1.165) is 18.2 Å². The van der Waals surface area contributed by atoms with Crippen LogP contribution in [-0.4, -0.2) is 11.1 Å². The van der Waals surface area contributed by atoms with E-state index < -0.39 is 17.6 Å². The van der Waals surface area contributed by atoms with Crippen molar-refractivity contribution < 1.29 is 18.7 Å². The molecule has 2 aromatic carbocycles. The fourth-order valence-electron chi connectivity index (χ4n) is 1.80. The van der Waals surface area contributed by atoms with Crippen LogP contribution >= 0.6 is 0 Å². The van der Waals surface area contributed by atoms with Crippen LogP contribution in [0.5, 0.6) is 0 Å². The summed E-state index contributed by atoms with van der Waals surface area (Å²) < 4.78 is 26.8. The summed E-state index contributed by atoms with van der Waals surface area (Å²) in [5, 5.41) is 8.79. The Bertz CT molecular complexity index is 594. The van der Waals surface area contributed by atoms with Gasteiger partial charge in [0.25, 0.3) is 0 Å². The number of hydrogen-bond acceptors (Lipinski definition) is 1. The lowest BCUT2D eigenvalue weighted by atomic mass is 9.97. The molecule has 0 spiro atoms. The SMILES string of the molecule is O=C(O)Cc1ccccc1-c1cc(F)ccc1F. The van der Waals surface area contributed by atoms with Gasteiger partial charge in [0.1, 0.15) is 11.6 Å². The van der Waals surface area contributed by atoms with Crippen LogP contribution in [0.15, 0.2) is 42.5 Å². The Kier molecular flexibility index (Phi) is 3.37. The summed E-state index contributed by atoms with van der Waals surface area (Å²) in [5.74, 6) is -2.15. The molecule has 0 heterocycles. The van der Waals surface area contributed by atoms with Crippen LogP contribution in [-0.2, 0) is 11.2 Å². The number of carboxylic acids is 1. The van der Waals surface area contributed by atoms with Crippen LogP contribution in [0, 0.1) is 11.6 Å². The first-order valence-corrected chi connectivity index (χ1v) is 5.33. The lowest BCUT2D eigenvalue weighted by molar-refractivity contribution is -0.136. The topological polar surface area (TPSA) is 37.3 Å². The molecule has 0 amide bonds. The minimum atomic E-state index is -1.01. The molecular formula is C14H10F2O2. The highest BCUT2D eigenvalue weighted by atomic mass is 19.1. The number of carboxylic acid groups (broad SMARTS) is 1. The van der Waals surface area contributed by atoms with E-state index in [0.29, 0.717) is 11.1 Å². The van der Waals surface area contributed by atoms with E-state index >= 15 is 0 Å². The second-order valence-corrected chi connectivity index (χ2v) is 3.85. The maximum Gasteiger partial charge on any atom is 0.307 e. The molecule has 0 aliphatic heterocycles. The minimum absolute atomic E-state index is 0.0758. The van der Waals surface area contributed by atoms with Gasteiger partial charge in [-0.15, -0.1) is 0 Å². The molecule has 4 heteroatoms. The zero-order valence-corrected chi connectivity index (χ0v) is 9.36. The van der Waals surface area contributed by atoms with Crippen LogP contribution in [0.2, 0.25) is 0 Å². The molecule has 0 aromatic heterocycles. The molecule has 2 rings (SSSR count). The summed E-state index contributed by atoms with van der Waals surface area (Å²) in [6, 6.07) is 9.62. The average molecular weight is 248 g/mol. The Balaban J connectivity index is 2.56. The first-order valence-electron chi connectivity index (χ1n) is 5.33. The van der Waals surface area contributed by atoms with Gasteiger partial charge in [0.2, 0.25) is 0 Å². The van der Waals surface area contributed by atoms with Crippen LogP contribution in [0.1, 0.15) is 5.56 Å². The monoisotopic (exact) mass is 248 g/mol. The summed E-state index contributed by atoms with van der Waals surface area (Å²) in [6.07, 6.45) is -0.230. The number of halogens is 2. The molecule has 0 aliphatic carbocycles. The number of hydrogen-bond donors (Lipinski definition) is 1. The molecule has 92 valence electrons. The minimum Gasteiger partial charge on any atom is -0.481 e. The van der Waals surface area contributed by atoms with E-state index in [9.17, 15) is 13.6 Å². The van der Waals surface area contributed by atoms with Crippen molar-refractivity contribution in [2.24, 2.45) is 0 Å². The Labute approximate surface area is 103 Å². The fourth-order valence-corrected chi connectivity index (χ4v) is 1.80. The van der Waals surface area contributed by atoms with E-state index in [1.54, 1.807) is 24.3 Å². The maximum atomic E-state index is 13.7. The number of carbonyl (C=O) groups is 1. The van der Waals surface area contributed by atoms with Gasteiger partial charge in [-0.1, -0.05) is 24.3 Å². The Morgan fingerprint density at radius 1 is 1.06 bits per heavy atom. The van der Waals surface area contributed by atoms with Gasteiger partial charge in [0.15, 0.2) is 0 Å². The number of benzene rings is 2. The van der Waals surface area contributed by atoms with Crippen molar-refractivity contribution in [3.8, 4) is 11.1 Å². The third-order valence-electron chi connectivity index (χ3n) is 2.58. The second-order valence-electron chi connectivity index (χ2n) is 3.85. The third-order valence-corrected chi connectivity index (χ3v) is 2.58. The number of aliphatic carboxylic acids is 1. The summed E-state index contributed by atoms with van der Waals surface area (Å²) in [6.45, 7) is 0. The van der Waals surface area contributed by atoms with Crippen molar-refractivity contribution in [3.05, 3.63) is 59.7 Å². The summed E-state index contributed by atoms with van der Waals surface area (Å²) in [5.41, 5.74) is 0.929. The normalized spacial score (nSPS) is 10.3. The highest BCUT2D eigenvalue weighted by Gasteiger charge is 2.12. The molecular weight excluding hydrogens is 238 g/mol. The van der Waals surface area contributed by atoms with Crippen LogP contribution in [0.25, 0.3) is 11.1 Å². The summed E-state index contributed by atoms with van der Waals surface area (Å²) in [4.78, 5) is 10.7. The predicted octanol–water partition coefficient (Wildman–Crippen LogP) is 3.26. The van der Waals surface area contributed by atoms with Crippen LogP contribution in [0.4, 0.5) is 8.78 Å². The first kappa shape index (κ1) is 12.2. The van der Waals surface area contributed by atoms with E-state index in [1.165, 1.54) is 0 Å². The quantitative estimate of drug-likeness (QED) is 0.905. The van der Waals surface area contributed by atoms with Crippen molar-refractivity contribution in [2.75, 3.05) is 0 Å². The van der Waals surface area contributed by atoms with Gasteiger partial charge in [-0.2, -0.15) is 0 Å². The smallest absolute Gasteiger partial charge is 0.307 e. The summed E-state index contributed by atoms with van der Waals surface area (Å²) in [7, 11) is 0. The molecule has 2 aromatic rings. The fraction of sp³-hybridized carbons (Fsp3) is 0.0714. The van der Waals surface area contributed by atoms with Gasteiger partial charge < -0.3 is 5.11 Å². The lowest BCUT2D eigenvalue weighted by Gasteiger charge is -2.09. The van der Waals surface area contributed by atoms with E-state index in [1.807, 2.05) is 0 Å². The zero-order valence-electron chi connectivity index (χ0n) is 9.36. The molecule has 0 saturated carbocycles. The zero-order chi connectivity index (χ0) is 13.1. The van der Waals surface area contributed by atoms with Crippen LogP contribution < -0.4 is 0 Å². The molecule has 18 heavy (non-hydrogen) atoms. The second kappa shape index (κ2) is 4.96. The van der Waals surface area contributed by atoms with E-state index in [-0.39, 0.29) is 12.0 Å². The highest BCUT2D eigenvalue weighted by molar-refractivity contribution is 5.76. The first-order chi connectivity index (χ1) is 8.58. The van der Waals surface area contributed by atoms with Crippen molar-refractivity contribution in [3.63, 3.8) is 0 Å². The molecule has 0 atom stereocenters. The molecule has 2 nitrogen and oxygen atoms in total. The van der Waals surface area contributed by atoms with Gasteiger partial charge >= 0.3 is 5.97 Å².